The Bertz CT molecular complexity index is 5520. The summed E-state index contributed by atoms with van der Waals surface area (Å²) in [6.45, 7) is 0. The molecule has 80 heavy (non-hydrogen) atoms. The van der Waals surface area contributed by atoms with Gasteiger partial charge in [-0.15, -0.1) is 0 Å². The summed E-state index contributed by atoms with van der Waals surface area (Å²) in [4.78, 5) is 58.6. The largest absolute Gasteiger partial charge is 0.308 e. The Morgan fingerprint density at radius 1 is 0.275 bits per heavy atom. The van der Waals surface area contributed by atoms with E-state index < -0.39 is 0 Å². The summed E-state index contributed by atoms with van der Waals surface area (Å²) in [7, 11) is 0. The number of nitrogens with zero attached hydrogens (tertiary/aromatic N) is 5. The Hall–Kier alpha value is -11.2. The molecule has 0 bridgehead atoms. The number of fused-ring (bicyclic) bond motifs is 14. The molecule has 0 aliphatic heterocycles. The van der Waals surface area contributed by atoms with Crippen LogP contribution in [0.15, 0.2) is 244 Å². The lowest BCUT2D eigenvalue weighted by atomic mass is 9.90. The summed E-state index contributed by atoms with van der Waals surface area (Å²) in [6, 6.07) is 75.4. The summed E-state index contributed by atoms with van der Waals surface area (Å²) in [5, 5.41) is 20.1. The predicted octanol–water partition coefficient (Wildman–Crippen LogP) is 14.8. The van der Waals surface area contributed by atoms with Crippen LogP contribution in [-0.4, -0.2) is 17.9 Å². The molecule has 0 saturated heterocycles. The molecule has 0 unspecified atom stereocenters. The normalized spacial score (nSPS) is 12.2. The average molecular weight is 1020 g/mol. The van der Waals surface area contributed by atoms with Crippen LogP contribution in [0.25, 0.3) is 153 Å². The molecule has 0 aliphatic rings. The number of hydrogen-bond donors (Lipinski definition) is 0. The third-order valence-corrected chi connectivity index (χ3v) is 16.9. The van der Waals surface area contributed by atoms with Gasteiger partial charge in [-0.05, 0) is 114 Å². The predicted molar refractivity (Wildman–Crippen MR) is 325 cm³/mol. The van der Waals surface area contributed by atoms with Crippen LogP contribution in [-0.2, 0) is 0 Å². The highest BCUT2D eigenvalue weighted by molar-refractivity contribution is 6.15. The van der Waals surface area contributed by atoms with Crippen LogP contribution in [0, 0.1) is 11.3 Å². The van der Waals surface area contributed by atoms with Crippen molar-refractivity contribution in [2.45, 2.75) is 0 Å². The summed E-state index contributed by atoms with van der Waals surface area (Å²) in [6.07, 6.45) is 0. The maximum Gasteiger partial charge on any atom is 0.197 e. The number of rotatable bonds is 4. The van der Waals surface area contributed by atoms with E-state index in [4.69, 9.17) is 0 Å². The smallest absolute Gasteiger partial charge is 0.197 e. The highest BCUT2D eigenvalue weighted by Crippen LogP contribution is 2.47. The first-order valence-electron chi connectivity index (χ1n) is 26.5. The fourth-order valence-electron chi connectivity index (χ4n) is 13.5. The minimum Gasteiger partial charge on any atom is -0.308 e. The van der Waals surface area contributed by atoms with Crippen molar-refractivity contribution in [3.05, 3.63) is 271 Å². The third-order valence-electron chi connectivity index (χ3n) is 16.9. The molecule has 17 aromatic rings. The first-order valence-corrected chi connectivity index (χ1v) is 26.5. The molecule has 0 amide bonds. The number of benzene rings is 11. The minimum atomic E-state index is -0.221. The van der Waals surface area contributed by atoms with E-state index in [1.165, 1.54) is 0 Å². The molecule has 0 N–H and O–H groups in total. The van der Waals surface area contributed by atoms with Crippen molar-refractivity contribution >= 4 is 120 Å². The third kappa shape index (κ3) is 5.62. The Kier molecular flexibility index (Phi) is 8.75. The van der Waals surface area contributed by atoms with Gasteiger partial charge in [0.05, 0.1) is 66.5 Å². The van der Waals surface area contributed by atoms with Crippen LogP contribution in [0.2, 0.25) is 0 Å². The molecule has 17 rings (SSSR count). The zero-order chi connectivity index (χ0) is 53.2. The maximum absolute atomic E-state index is 15.3. The highest BCUT2D eigenvalue weighted by Gasteiger charge is 2.29. The van der Waals surface area contributed by atoms with Crippen LogP contribution >= 0.6 is 0 Å². The molecular weight excluding hydrogens is 987 g/mol. The van der Waals surface area contributed by atoms with Crippen molar-refractivity contribution < 1.29 is 0 Å². The van der Waals surface area contributed by atoms with E-state index in [-0.39, 0.29) is 21.7 Å². The molecular formula is C71H37N5O4. The van der Waals surface area contributed by atoms with E-state index in [0.29, 0.717) is 115 Å². The summed E-state index contributed by atoms with van der Waals surface area (Å²) >= 11 is 0. The van der Waals surface area contributed by atoms with Gasteiger partial charge in [-0.25, -0.2) is 0 Å². The second-order valence-corrected chi connectivity index (χ2v) is 20.8. The van der Waals surface area contributed by atoms with Crippen molar-refractivity contribution in [3.63, 3.8) is 0 Å². The van der Waals surface area contributed by atoms with E-state index in [1.807, 2.05) is 142 Å². The second kappa shape index (κ2) is 15.9. The number of nitriles is 1. The standard InChI is InChI=1S/C71H37N5O4/c72-38-55-66(73-56-25-7-1-15-41(56)42-16-2-8-26-57(42)73)51(39-31-33-62-53(35-39)70(79)49-23-13-21-47-64(49)75(62)60-29-11-5-19-45(60)68(47)77)37-52(67(55)74-58-27-9-3-17-43(58)44-18-4-10-28-59(44)74)40-32-34-63-54(36-40)71(80)50-24-14-22-48-65(50)76(63)61-30-12-6-20-46(61)69(48)78/h1-37H. The average Bonchev–Trinajstić information content (AvgIpc) is 4.06. The molecule has 0 atom stereocenters. The van der Waals surface area contributed by atoms with Crippen LogP contribution in [0.4, 0.5) is 0 Å². The Morgan fingerprint density at radius 2 is 0.562 bits per heavy atom. The van der Waals surface area contributed by atoms with E-state index in [2.05, 4.69) is 69.8 Å². The van der Waals surface area contributed by atoms with Gasteiger partial charge in [-0.1, -0.05) is 121 Å². The fourth-order valence-corrected chi connectivity index (χ4v) is 13.5. The van der Waals surface area contributed by atoms with Gasteiger partial charge >= 0.3 is 0 Å². The van der Waals surface area contributed by atoms with Gasteiger partial charge in [0, 0.05) is 75.8 Å². The first kappa shape index (κ1) is 44.0. The molecule has 6 aromatic heterocycles. The number of para-hydroxylation sites is 8. The van der Waals surface area contributed by atoms with Crippen molar-refractivity contribution in [3.8, 4) is 39.7 Å². The van der Waals surface area contributed by atoms with Gasteiger partial charge in [-0.2, -0.15) is 5.26 Å². The summed E-state index contributed by atoms with van der Waals surface area (Å²) in [5.41, 5.74) is 10.9. The molecule has 11 aromatic carbocycles. The van der Waals surface area contributed by atoms with Crippen LogP contribution < -0.4 is 21.7 Å². The van der Waals surface area contributed by atoms with Gasteiger partial charge in [0.25, 0.3) is 0 Å². The molecule has 6 heterocycles. The van der Waals surface area contributed by atoms with Crippen molar-refractivity contribution in [1.29, 1.82) is 5.26 Å². The fraction of sp³-hybridized carbons (Fsp3) is 0. The van der Waals surface area contributed by atoms with Gasteiger partial charge in [0.2, 0.25) is 0 Å². The van der Waals surface area contributed by atoms with Crippen LogP contribution in [0.3, 0.4) is 0 Å². The monoisotopic (exact) mass is 1020 g/mol. The molecule has 0 aliphatic carbocycles. The highest BCUT2D eigenvalue weighted by atomic mass is 16.1. The summed E-state index contributed by atoms with van der Waals surface area (Å²) in [5.74, 6) is 0. The minimum absolute atomic E-state index is 0.133. The Balaban J connectivity index is 1.08. The van der Waals surface area contributed by atoms with Gasteiger partial charge in [0.15, 0.2) is 21.7 Å². The van der Waals surface area contributed by atoms with Crippen LogP contribution in [0.1, 0.15) is 5.56 Å². The van der Waals surface area contributed by atoms with E-state index >= 15 is 9.59 Å². The van der Waals surface area contributed by atoms with Crippen LogP contribution in [0.5, 0.6) is 0 Å². The maximum atomic E-state index is 15.3. The SMILES string of the molecule is N#Cc1c(-n2c3ccccc3c3ccccc32)c(-c2ccc3c(c2)c(=O)c2cccc4c(=O)c5ccccc5n3c42)cc(-c2ccc3c(c2)c(=O)c2cccc4c(=O)c5ccccc5n3c42)c1-n1c2ccccc2c2ccccc21. The molecule has 370 valence electrons. The lowest BCUT2D eigenvalue weighted by Crippen LogP contribution is -2.14. The molecule has 0 fully saturated rings. The molecule has 9 heteroatoms. The zero-order valence-electron chi connectivity index (χ0n) is 42.2. The zero-order valence-corrected chi connectivity index (χ0v) is 42.2. The topological polar surface area (TPSA) is 111 Å². The van der Waals surface area contributed by atoms with Crippen molar-refractivity contribution in [2.75, 3.05) is 0 Å². The quantitative estimate of drug-likeness (QED) is 0.129. The molecule has 0 radical (unpaired) electrons. The Morgan fingerprint density at radius 3 is 0.912 bits per heavy atom. The summed E-state index contributed by atoms with van der Waals surface area (Å²) < 4.78 is 8.45. The lowest BCUT2D eigenvalue weighted by Gasteiger charge is -2.24. The second-order valence-electron chi connectivity index (χ2n) is 20.8. The Labute approximate surface area is 451 Å². The lowest BCUT2D eigenvalue weighted by molar-refractivity contribution is 1.12. The molecule has 9 nitrogen and oxygen atoms in total. The van der Waals surface area contributed by atoms with E-state index in [9.17, 15) is 14.9 Å². The molecule has 0 spiro atoms. The number of hydrogen-bond acceptors (Lipinski definition) is 5. The van der Waals surface area contributed by atoms with Crippen molar-refractivity contribution in [1.82, 2.24) is 17.9 Å². The van der Waals surface area contributed by atoms with Gasteiger partial charge in [0.1, 0.15) is 11.6 Å². The van der Waals surface area contributed by atoms with E-state index in [0.717, 1.165) is 43.6 Å². The van der Waals surface area contributed by atoms with E-state index in [1.54, 1.807) is 36.4 Å². The molecule has 0 saturated carbocycles. The first-order chi connectivity index (χ1) is 39.4. The van der Waals surface area contributed by atoms with Gasteiger partial charge in [-0.3, -0.25) is 19.2 Å². The number of aromatic nitrogens is 4. The van der Waals surface area contributed by atoms with Gasteiger partial charge < -0.3 is 17.9 Å². The number of pyridine rings is 4. The van der Waals surface area contributed by atoms with Crippen molar-refractivity contribution in [2.24, 2.45) is 0 Å².